The zero-order chi connectivity index (χ0) is 13.8. The number of nitrogens with one attached hydrogen (secondary N) is 1. The predicted octanol–water partition coefficient (Wildman–Crippen LogP) is 1.66. The van der Waals surface area contributed by atoms with Crippen LogP contribution in [-0.2, 0) is 4.74 Å². The number of cyclic esters (lactones) is 1. The number of hydrogen-bond acceptors (Lipinski definition) is 4. The molecule has 0 spiro atoms. The number of piperidine rings is 1. The molecule has 1 unspecified atom stereocenters. The Kier molecular flexibility index (Phi) is 4.01. The summed E-state index contributed by atoms with van der Waals surface area (Å²) in [5.41, 5.74) is 0.876. The first-order chi connectivity index (χ1) is 9.83. The van der Waals surface area contributed by atoms with Crippen molar-refractivity contribution in [2.75, 3.05) is 26.2 Å². The van der Waals surface area contributed by atoms with Crippen LogP contribution in [0.3, 0.4) is 0 Å². The van der Waals surface area contributed by atoms with Crippen LogP contribution in [0.1, 0.15) is 25.0 Å². The lowest BCUT2D eigenvalue weighted by atomic mass is 10.1. The Morgan fingerprint density at radius 2 is 2.25 bits per heavy atom. The summed E-state index contributed by atoms with van der Waals surface area (Å²) < 4.78 is 5.13. The molecule has 1 amide bonds. The van der Waals surface area contributed by atoms with E-state index in [0.29, 0.717) is 6.61 Å². The van der Waals surface area contributed by atoms with E-state index in [-0.39, 0.29) is 12.1 Å². The minimum Gasteiger partial charge on any atom is -0.446 e. The molecule has 6 nitrogen and oxygen atoms in total. The van der Waals surface area contributed by atoms with Gasteiger partial charge < -0.3 is 14.6 Å². The molecule has 2 saturated heterocycles. The van der Waals surface area contributed by atoms with Crippen LogP contribution in [0.15, 0.2) is 23.4 Å². The number of carbonyl (C=O) groups is 1. The smallest absolute Gasteiger partial charge is 0.430 e. The standard InChI is InChI=1S/C14H20N4O2/c19-14-18(16-9-12-5-4-6-15-12)13(11-20-14)10-17-7-2-1-3-8-17/h4-6,9,13,15H,1-3,7-8,10-11H2/b16-9+. The maximum absolute atomic E-state index is 11.7. The second kappa shape index (κ2) is 6.09. The monoisotopic (exact) mass is 276 g/mol. The summed E-state index contributed by atoms with van der Waals surface area (Å²) in [5, 5.41) is 5.74. The van der Waals surface area contributed by atoms with E-state index >= 15 is 0 Å². The Bertz CT molecular complexity index is 466. The van der Waals surface area contributed by atoms with Gasteiger partial charge >= 0.3 is 6.09 Å². The van der Waals surface area contributed by atoms with Gasteiger partial charge in [-0.05, 0) is 38.1 Å². The number of H-pyrrole nitrogens is 1. The van der Waals surface area contributed by atoms with E-state index in [1.54, 1.807) is 6.21 Å². The van der Waals surface area contributed by atoms with E-state index < -0.39 is 0 Å². The van der Waals surface area contributed by atoms with Crippen molar-refractivity contribution in [1.82, 2.24) is 14.9 Å². The number of aromatic nitrogens is 1. The van der Waals surface area contributed by atoms with Gasteiger partial charge in [-0.15, -0.1) is 0 Å². The van der Waals surface area contributed by atoms with E-state index in [0.717, 1.165) is 25.3 Å². The molecule has 20 heavy (non-hydrogen) atoms. The van der Waals surface area contributed by atoms with Gasteiger partial charge in [-0.2, -0.15) is 10.1 Å². The fourth-order valence-corrected chi connectivity index (χ4v) is 2.71. The first kappa shape index (κ1) is 13.2. The lowest BCUT2D eigenvalue weighted by molar-refractivity contribution is 0.155. The Balaban J connectivity index is 1.62. The molecule has 0 aliphatic carbocycles. The van der Waals surface area contributed by atoms with E-state index in [2.05, 4.69) is 15.0 Å². The normalized spacial score (nSPS) is 24.5. The van der Waals surface area contributed by atoms with Crippen molar-refractivity contribution in [2.45, 2.75) is 25.3 Å². The highest BCUT2D eigenvalue weighted by atomic mass is 16.6. The molecule has 3 heterocycles. The van der Waals surface area contributed by atoms with Crippen LogP contribution in [0.25, 0.3) is 0 Å². The van der Waals surface area contributed by atoms with Crippen molar-refractivity contribution < 1.29 is 9.53 Å². The van der Waals surface area contributed by atoms with Gasteiger partial charge in [0.25, 0.3) is 0 Å². The Morgan fingerprint density at radius 1 is 1.40 bits per heavy atom. The number of aromatic amines is 1. The number of amides is 1. The highest BCUT2D eigenvalue weighted by molar-refractivity contribution is 5.79. The third kappa shape index (κ3) is 3.01. The van der Waals surface area contributed by atoms with Crippen LogP contribution < -0.4 is 0 Å². The quantitative estimate of drug-likeness (QED) is 0.851. The van der Waals surface area contributed by atoms with Crippen LogP contribution in [0.2, 0.25) is 0 Å². The first-order valence-electron chi connectivity index (χ1n) is 7.18. The minimum absolute atomic E-state index is 0.0202. The van der Waals surface area contributed by atoms with Gasteiger partial charge in [0.2, 0.25) is 0 Å². The number of hydrazone groups is 1. The topological polar surface area (TPSA) is 60.9 Å². The average Bonchev–Trinajstić information content (AvgIpc) is 3.09. The Hall–Kier alpha value is -1.82. The van der Waals surface area contributed by atoms with E-state index in [9.17, 15) is 4.79 Å². The summed E-state index contributed by atoms with van der Waals surface area (Å²) in [6.07, 6.45) is 6.94. The van der Waals surface area contributed by atoms with Gasteiger partial charge in [-0.3, -0.25) is 0 Å². The number of rotatable bonds is 4. The number of nitrogens with zero attached hydrogens (tertiary/aromatic N) is 3. The van der Waals surface area contributed by atoms with E-state index in [4.69, 9.17) is 4.74 Å². The molecule has 1 atom stereocenters. The largest absolute Gasteiger partial charge is 0.446 e. The van der Waals surface area contributed by atoms with Crippen LogP contribution in [0.5, 0.6) is 0 Å². The molecular formula is C14H20N4O2. The fourth-order valence-electron chi connectivity index (χ4n) is 2.71. The molecule has 0 aromatic carbocycles. The van der Waals surface area contributed by atoms with Gasteiger partial charge in [0.05, 0.1) is 11.9 Å². The molecule has 1 aromatic heterocycles. The third-order valence-corrected chi connectivity index (χ3v) is 3.79. The van der Waals surface area contributed by atoms with Crippen molar-refractivity contribution in [3.8, 4) is 0 Å². The van der Waals surface area contributed by atoms with Crippen molar-refractivity contribution in [3.05, 3.63) is 24.0 Å². The second-order valence-corrected chi connectivity index (χ2v) is 5.31. The predicted molar refractivity (Wildman–Crippen MR) is 75.7 cm³/mol. The third-order valence-electron chi connectivity index (χ3n) is 3.79. The molecule has 2 aliphatic heterocycles. The maximum Gasteiger partial charge on any atom is 0.430 e. The van der Waals surface area contributed by atoms with Gasteiger partial charge in [0, 0.05) is 12.7 Å². The summed E-state index contributed by atoms with van der Waals surface area (Å²) in [7, 11) is 0. The SMILES string of the molecule is O=C1OCC(CN2CCCCC2)N1/N=C/c1ccc[nH]1. The lowest BCUT2D eigenvalue weighted by Crippen LogP contribution is -2.42. The van der Waals surface area contributed by atoms with Crippen LogP contribution in [-0.4, -0.2) is 59.5 Å². The van der Waals surface area contributed by atoms with Crippen LogP contribution in [0.4, 0.5) is 4.79 Å². The zero-order valence-electron chi connectivity index (χ0n) is 11.5. The molecular weight excluding hydrogens is 256 g/mol. The highest BCUT2D eigenvalue weighted by Gasteiger charge is 2.34. The molecule has 1 N–H and O–H groups in total. The fraction of sp³-hybridized carbons (Fsp3) is 0.571. The van der Waals surface area contributed by atoms with Gasteiger partial charge in [0.1, 0.15) is 12.6 Å². The second-order valence-electron chi connectivity index (χ2n) is 5.31. The van der Waals surface area contributed by atoms with Crippen molar-refractivity contribution in [2.24, 2.45) is 5.10 Å². The van der Waals surface area contributed by atoms with Gasteiger partial charge in [0.15, 0.2) is 0 Å². The van der Waals surface area contributed by atoms with Crippen LogP contribution >= 0.6 is 0 Å². The van der Waals surface area contributed by atoms with Crippen LogP contribution in [0, 0.1) is 0 Å². The molecule has 0 radical (unpaired) electrons. The summed E-state index contributed by atoms with van der Waals surface area (Å²) in [6, 6.07) is 3.83. The van der Waals surface area contributed by atoms with E-state index in [1.165, 1.54) is 24.3 Å². The molecule has 108 valence electrons. The molecule has 2 aliphatic rings. The van der Waals surface area contributed by atoms with E-state index in [1.807, 2.05) is 18.3 Å². The van der Waals surface area contributed by atoms with Crippen molar-refractivity contribution in [1.29, 1.82) is 0 Å². The maximum atomic E-state index is 11.7. The Labute approximate surface area is 118 Å². The summed E-state index contributed by atoms with van der Waals surface area (Å²) >= 11 is 0. The zero-order valence-corrected chi connectivity index (χ0v) is 11.5. The average molecular weight is 276 g/mol. The number of likely N-dealkylation sites (tertiary alicyclic amines) is 1. The molecule has 0 saturated carbocycles. The highest BCUT2D eigenvalue weighted by Crippen LogP contribution is 2.17. The molecule has 0 bridgehead atoms. The first-order valence-corrected chi connectivity index (χ1v) is 7.18. The van der Waals surface area contributed by atoms with Gasteiger partial charge in [-0.25, -0.2) is 4.79 Å². The molecule has 1 aromatic rings. The minimum atomic E-state index is -0.352. The summed E-state index contributed by atoms with van der Waals surface area (Å²) in [6.45, 7) is 3.49. The molecule has 3 rings (SSSR count). The van der Waals surface area contributed by atoms with Gasteiger partial charge in [-0.1, -0.05) is 6.42 Å². The number of hydrogen-bond donors (Lipinski definition) is 1. The summed E-state index contributed by atoms with van der Waals surface area (Å²) in [5.74, 6) is 0. The summed E-state index contributed by atoms with van der Waals surface area (Å²) in [4.78, 5) is 17.2. The molecule has 6 heteroatoms. The van der Waals surface area contributed by atoms with Crippen molar-refractivity contribution in [3.63, 3.8) is 0 Å². The lowest BCUT2D eigenvalue weighted by Gasteiger charge is -2.29. The number of carbonyl (C=O) groups excluding carboxylic acids is 1. The van der Waals surface area contributed by atoms with Crippen molar-refractivity contribution >= 4 is 12.3 Å². The molecule has 2 fully saturated rings. The Morgan fingerprint density at radius 3 is 3.00 bits per heavy atom. The number of ether oxygens (including phenoxy) is 1.